The summed E-state index contributed by atoms with van der Waals surface area (Å²) in [6.07, 6.45) is 5.42. The van der Waals surface area contributed by atoms with Crippen LogP contribution in [0.4, 0.5) is 0 Å². The third-order valence-corrected chi connectivity index (χ3v) is 12.6. The zero-order valence-corrected chi connectivity index (χ0v) is 19.9. The number of aliphatic hydroxyl groups excluding tert-OH is 1. The highest BCUT2D eigenvalue weighted by Crippen LogP contribution is 2.63. The molecule has 164 valence electrons. The van der Waals surface area contributed by atoms with E-state index in [1.807, 2.05) is 0 Å². The Balaban J connectivity index is 1.93. The lowest BCUT2D eigenvalue weighted by molar-refractivity contribution is -0.210. The Morgan fingerprint density at radius 3 is 2.48 bits per heavy atom. The fourth-order valence-corrected chi connectivity index (χ4v) is 6.91. The van der Waals surface area contributed by atoms with Gasteiger partial charge in [-0.3, -0.25) is 0 Å². The minimum atomic E-state index is -2.04. The molecule has 1 heterocycles. The fraction of sp³-hybridized carbons (Fsp3) is 0.870. The van der Waals surface area contributed by atoms with Crippen LogP contribution in [0.15, 0.2) is 12.2 Å². The van der Waals surface area contributed by atoms with E-state index in [0.717, 1.165) is 44.1 Å². The van der Waals surface area contributed by atoms with Crippen LogP contribution in [0.2, 0.25) is 18.1 Å². The lowest BCUT2D eigenvalue weighted by Crippen LogP contribution is -2.50. The minimum absolute atomic E-state index is 0.0553. The van der Waals surface area contributed by atoms with E-state index >= 15 is 0 Å². The molecule has 0 unspecified atom stereocenters. The summed E-state index contributed by atoms with van der Waals surface area (Å²) in [5.41, 5.74) is 0.685. The predicted octanol–water partition coefficient (Wildman–Crippen LogP) is 4.78. The first kappa shape index (κ1) is 23.0. The molecule has 0 amide bonds. The summed E-state index contributed by atoms with van der Waals surface area (Å²) < 4.78 is 19.1. The first-order chi connectivity index (χ1) is 13.5. The van der Waals surface area contributed by atoms with E-state index in [2.05, 4.69) is 46.5 Å². The maximum atomic E-state index is 9.94. The largest absolute Gasteiger partial charge is 0.410 e. The van der Waals surface area contributed by atoms with Gasteiger partial charge in [-0.1, -0.05) is 33.8 Å². The fourth-order valence-electron chi connectivity index (χ4n) is 5.59. The van der Waals surface area contributed by atoms with Crippen molar-refractivity contribution in [1.82, 2.24) is 0 Å². The van der Waals surface area contributed by atoms with Gasteiger partial charge in [0.25, 0.3) is 0 Å². The van der Waals surface area contributed by atoms with Crippen LogP contribution >= 0.6 is 0 Å². The Hall–Kier alpha value is -0.713. The smallest absolute Gasteiger partial charge is 0.192 e. The summed E-state index contributed by atoms with van der Waals surface area (Å²) in [5, 5.41) is 19.9. The molecule has 1 N–H and O–H groups in total. The van der Waals surface area contributed by atoms with Crippen molar-refractivity contribution in [2.24, 2.45) is 17.3 Å². The second-order valence-corrected chi connectivity index (χ2v) is 15.6. The van der Waals surface area contributed by atoms with Crippen LogP contribution in [0, 0.1) is 28.6 Å². The van der Waals surface area contributed by atoms with Crippen molar-refractivity contribution in [2.45, 2.75) is 89.3 Å². The van der Waals surface area contributed by atoms with Gasteiger partial charge < -0.3 is 19.0 Å². The Morgan fingerprint density at radius 1 is 1.28 bits per heavy atom. The third-order valence-electron chi connectivity index (χ3n) is 8.13. The van der Waals surface area contributed by atoms with Crippen molar-refractivity contribution in [3.8, 4) is 6.07 Å². The van der Waals surface area contributed by atoms with Gasteiger partial charge in [0.1, 0.15) is 0 Å². The normalized spacial score (nSPS) is 32.7. The van der Waals surface area contributed by atoms with Gasteiger partial charge in [-0.15, -0.1) is 0 Å². The summed E-state index contributed by atoms with van der Waals surface area (Å²) in [7, 11) is -2.04. The Kier molecular flexibility index (Phi) is 6.40. The first-order valence-electron chi connectivity index (χ1n) is 11.1. The number of rotatable bonds is 6. The lowest BCUT2D eigenvalue weighted by atomic mass is 9.60. The van der Waals surface area contributed by atoms with E-state index in [0.29, 0.717) is 13.2 Å². The Labute approximate surface area is 177 Å². The molecule has 0 bridgehead atoms. The molecular weight excluding hydrogens is 382 g/mol. The maximum absolute atomic E-state index is 9.94. The van der Waals surface area contributed by atoms with Gasteiger partial charge in [-0.25, -0.2) is 0 Å². The van der Waals surface area contributed by atoms with Crippen molar-refractivity contribution in [1.29, 1.82) is 5.26 Å². The van der Waals surface area contributed by atoms with E-state index in [-0.39, 0.29) is 35.0 Å². The summed E-state index contributed by atoms with van der Waals surface area (Å²) in [6, 6.07) is 2.58. The number of hydrogen-bond donors (Lipinski definition) is 1. The van der Waals surface area contributed by atoms with Gasteiger partial charge in [0, 0.05) is 12.3 Å². The molecule has 3 rings (SSSR count). The van der Waals surface area contributed by atoms with Crippen LogP contribution in [0.3, 0.4) is 0 Å². The summed E-state index contributed by atoms with van der Waals surface area (Å²) in [5.74, 6) is -0.600. The van der Waals surface area contributed by atoms with Gasteiger partial charge in [0.2, 0.25) is 0 Å². The van der Waals surface area contributed by atoms with E-state index in [4.69, 9.17) is 13.9 Å². The number of ether oxygens (including phenoxy) is 2. The number of fused-ring (bicyclic) bond motifs is 2. The van der Waals surface area contributed by atoms with Gasteiger partial charge in [0.15, 0.2) is 14.1 Å². The highest BCUT2D eigenvalue weighted by atomic mass is 28.4. The molecule has 4 atom stereocenters. The molecule has 0 aromatic rings. The monoisotopic (exact) mass is 421 g/mol. The minimum Gasteiger partial charge on any atom is -0.410 e. The molecular formula is C23H39NO4Si. The van der Waals surface area contributed by atoms with Crippen LogP contribution in [0.1, 0.15) is 59.3 Å². The molecule has 1 spiro atoms. The summed E-state index contributed by atoms with van der Waals surface area (Å²) in [6.45, 7) is 16.5. The van der Waals surface area contributed by atoms with Gasteiger partial charge in [-0.2, -0.15) is 5.26 Å². The molecule has 1 saturated heterocycles. The van der Waals surface area contributed by atoms with Crippen molar-refractivity contribution in [2.75, 3.05) is 19.8 Å². The molecule has 29 heavy (non-hydrogen) atoms. The Bertz CT molecular complexity index is 659. The van der Waals surface area contributed by atoms with Gasteiger partial charge >= 0.3 is 0 Å². The van der Waals surface area contributed by atoms with Crippen molar-refractivity contribution >= 4 is 8.32 Å². The maximum Gasteiger partial charge on any atom is 0.192 e. The number of nitriles is 1. The third kappa shape index (κ3) is 4.09. The van der Waals surface area contributed by atoms with Crippen LogP contribution in [0.25, 0.3) is 0 Å². The molecule has 0 aromatic carbocycles. The van der Waals surface area contributed by atoms with Gasteiger partial charge in [0.05, 0.1) is 37.9 Å². The topological polar surface area (TPSA) is 71.7 Å². The van der Waals surface area contributed by atoms with Crippen LogP contribution < -0.4 is 0 Å². The summed E-state index contributed by atoms with van der Waals surface area (Å²) in [4.78, 5) is 0. The van der Waals surface area contributed by atoms with Gasteiger partial charge in [-0.05, 0) is 54.8 Å². The number of nitrogens with zero attached hydrogens (tertiary/aromatic N) is 1. The van der Waals surface area contributed by atoms with Crippen molar-refractivity contribution in [3.63, 3.8) is 0 Å². The van der Waals surface area contributed by atoms with Crippen LogP contribution in [-0.2, 0) is 13.9 Å². The average Bonchev–Trinajstić information content (AvgIpc) is 3.25. The average molecular weight is 422 g/mol. The second-order valence-electron chi connectivity index (χ2n) is 10.9. The lowest BCUT2D eigenvalue weighted by Gasteiger charge is -2.49. The molecule has 5 nitrogen and oxygen atoms in total. The molecule has 0 aromatic heterocycles. The van der Waals surface area contributed by atoms with Crippen molar-refractivity contribution in [3.05, 3.63) is 12.2 Å². The van der Waals surface area contributed by atoms with Crippen molar-refractivity contribution < 1.29 is 19.0 Å². The van der Waals surface area contributed by atoms with E-state index in [1.54, 1.807) is 0 Å². The van der Waals surface area contributed by atoms with E-state index in [1.165, 1.54) is 0 Å². The highest BCUT2D eigenvalue weighted by Gasteiger charge is 2.64. The zero-order valence-electron chi connectivity index (χ0n) is 18.9. The quantitative estimate of drug-likeness (QED) is 0.494. The van der Waals surface area contributed by atoms with E-state index in [9.17, 15) is 10.4 Å². The molecule has 1 aliphatic heterocycles. The molecule has 0 radical (unpaired) electrons. The highest BCUT2D eigenvalue weighted by molar-refractivity contribution is 6.74. The summed E-state index contributed by atoms with van der Waals surface area (Å²) >= 11 is 0. The number of aliphatic hydroxyl groups is 1. The van der Waals surface area contributed by atoms with Crippen LogP contribution in [-0.4, -0.2) is 45.1 Å². The number of hydrogen-bond acceptors (Lipinski definition) is 5. The van der Waals surface area contributed by atoms with E-state index < -0.39 is 14.1 Å². The second kappa shape index (κ2) is 8.09. The molecule has 6 heteroatoms. The van der Waals surface area contributed by atoms with Crippen LogP contribution in [0.5, 0.6) is 0 Å². The molecule has 2 aliphatic carbocycles. The Morgan fingerprint density at radius 2 is 1.93 bits per heavy atom. The predicted molar refractivity (Wildman–Crippen MR) is 116 cm³/mol. The standard InChI is InChI=1S/C23H39NO4Si/c1-17(16-25)19(28-29(5,6)21(2,3)4)14-22-9-7-8-18(15-24)20(22)23(11-10-22)26-12-13-27-23/h18-20,25H,1,7-14,16H2,2-6H3/t18-,19+,20+,22+/m1/s1. The SMILES string of the molecule is C=C(CO)[C@H](C[C@@]12CCC[C@H](C#N)[C@@H]1C1(CC2)OCCO1)O[Si](C)(C)C(C)(C)C. The molecule has 3 aliphatic rings. The molecule has 3 fully saturated rings. The molecule has 2 saturated carbocycles. The zero-order chi connectivity index (χ0) is 21.5. The first-order valence-corrected chi connectivity index (χ1v) is 14.0.